The molecule has 0 radical (unpaired) electrons. The Hall–Kier alpha value is -1.62. The van der Waals surface area contributed by atoms with Crippen LogP contribution in [0.1, 0.15) is 40.5 Å². The molecular weight excluding hydrogens is 308 g/mol. The summed E-state index contributed by atoms with van der Waals surface area (Å²) in [5.74, 6) is -1.08. The minimum absolute atomic E-state index is 0.0402. The lowest BCUT2D eigenvalue weighted by Crippen LogP contribution is -2.40. The van der Waals surface area contributed by atoms with Crippen molar-refractivity contribution in [2.24, 2.45) is 17.8 Å². The maximum atomic E-state index is 12.2. The van der Waals surface area contributed by atoms with Crippen molar-refractivity contribution in [3.05, 3.63) is 23.3 Å². The second kappa shape index (κ2) is 4.94. The van der Waals surface area contributed by atoms with E-state index in [2.05, 4.69) is 20.4 Å². The molecule has 0 aromatic rings. The summed E-state index contributed by atoms with van der Waals surface area (Å²) in [4.78, 5) is 24.4. The molecule has 2 saturated heterocycles. The maximum Gasteiger partial charge on any atom is 0.334 e. The van der Waals surface area contributed by atoms with Crippen LogP contribution >= 0.6 is 0 Å². The molecule has 4 aliphatic rings. The average molecular weight is 332 g/mol. The van der Waals surface area contributed by atoms with Crippen LogP contribution in [0.25, 0.3) is 0 Å². The first-order valence-electron chi connectivity index (χ1n) is 8.70. The predicted octanol–water partition coefficient (Wildman–Crippen LogP) is 2.55. The van der Waals surface area contributed by atoms with Crippen LogP contribution in [-0.2, 0) is 23.8 Å². The fraction of sp³-hybridized carbons (Fsp3) is 0.684. The highest BCUT2D eigenvalue weighted by Crippen LogP contribution is 2.62. The molecule has 4 rings (SSSR count). The van der Waals surface area contributed by atoms with Crippen LogP contribution in [0.4, 0.5) is 0 Å². The largest absolute Gasteiger partial charge is 0.461 e. The first kappa shape index (κ1) is 15.9. The van der Waals surface area contributed by atoms with Gasteiger partial charge < -0.3 is 14.2 Å². The molecule has 1 saturated carbocycles. The minimum Gasteiger partial charge on any atom is -0.461 e. The molecule has 0 spiro atoms. The lowest BCUT2D eigenvalue weighted by atomic mass is 9.80. The normalized spacial score (nSPS) is 43.1. The number of rotatable bonds is 2. The van der Waals surface area contributed by atoms with Gasteiger partial charge in [-0.15, -0.1) is 0 Å². The van der Waals surface area contributed by atoms with Crippen LogP contribution in [0, 0.1) is 17.8 Å². The Kier molecular flexibility index (Phi) is 3.27. The molecular formula is C19H24O5. The van der Waals surface area contributed by atoms with E-state index in [0.717, 1.165) is 6.42 Å². The summed E-state index contributed by atoms with van der Waals surface area (Å²) >= 11 is 0. The summed E-state index contributed by atoms with van der Waals surface area (Å²) in [5, 5.41) is 0. The molecule has 2 heterocycles. The van der Waals surface area contributed by atoms with E-state index in [1.54, 1.807) is 0 Å². The molecule has 24 heavy (non-hydrogen) atoms. The molecule has 6 atom stereocenters. The number of hydrogen-bond donors (Lipinski definition) is 0. The second-order valence-corrected chi connectivity index (χ2v) is 8.03. The molecule has 5 nitrogen and oxygen atoms in total. The predicted molar refractivity (Wildman–Crippen MR) is 85.9 cm³/mol. The van der Waals surface area contributed by atoms with Crippen molar-refractivity contribution in [2.75, 3.05) is 0 Å². The number of hydrogen-bond acceptors (Lipinski definition) is 5. The van der Waals surface area contributed by atoms with Gasteiger partial charge in [0.05, 0.1) is 17.9 Å². The summed E-state index contributed by atoms with van der Waals surface area (Å²) in [5.41, 5.74) is 2.70. The molecule has 0 N–H and O–H groups in total. The van der Waals surface area contributed by atoms with E-state index in [4.69, 9.17) is 14.2 Å². The third-order valence-corrected chi connectivity index (χ3v) is 6.16. The first-order chi connectivity index (χ1) is 11.2. The standard InChI is InChI=1S/C19H24O5/c1-8(2)17(20)22-12-6-9(3)11-7-13-19(5,24-13)15(11)16-14(12)10(4)18(21)23-16/h8,12-16H,4,6-7H2,1-3,5H3/t12-,13-,14+,15+,16+,19-/m0/s1. The van der Waals surface area contributed by atoms with Crippen molar-refractivity contribution in [1.82, 2.24) is 0 Å². The van der Waals surface area contributed by atoms with Crippen molar-refractivity contribution in [3.63, 3.8) is 0 Å². The van der Waals surface area contributed by atoms with Gasteiger partial charge in [-0.05, 0) is 20.3 Å². The van der Waals surface area contributed by atoms with Gasteiger partial charge in [-0.3, -0.25) is 4.79 Å². The Morgan fingerprint density at radius 2 is 2.08 bits per heavy atom. The fourth-order valence-corrected chi connectivity index (χ4v) is 4.71. The number of carbonyl (C=O) groups excluding carboxylic acids is 2. The Labute approximate surface area is 142 Å². The smallest absolute Gasteiger partial charge is 0.334 e. The van der Waals surface area contributed by atoms with E-state index in [1.165, 1.54) is 11.1 Å². The molecule has 2 aliphatic carbocycles. The summed E-state index contributed by atoms with van der Waals surface area (Å²) in [6, 6.07) is 0. The lowest BCUT2D eigenvalue weighted by molar-refractivity contribution is -0.156. The summed E-state index contributed by atoms with van der Waals surface area (Å²) in [6.07, 6.45) is 0.979. The molecule has 2 aliphatic heterocycles. The van der Waals surface area contributed by atoms with E-state index in [9.17, 15) is 9.59 Å². The quantitative estimate of drug-likeness (QED) is 0.336. The van der Waals surface area contributed by atoms with Gasteiger partial charge in [-0.1, -0.05) is 31.6 Å². The molecule has 0 amide bonds. The van der Waals surface area contributed by atoms with Crippen LogP contribution in [-0.4, -0.2) is 35.9 Å². The summed E-state index contributed by atoms with van der Waals surface area (Å²) in [6.45, 7) is 11.7. The van der Waals surface area contributed by atoms with E-state index >= 15 is 0 Å². The zero-order chi connectivity index (χ0) is 17.4. The van der Waals surface area contributed by atoms with E-state index < -0.39 is 6.10 Å². The van der Waals surface area contributed by atoms with Gasteiger partial charge in [0, 0.05) is 17.9 Å². The highest BCUT2D eigenvalue weighted by atomic mass is 16.6. The number of ether oxygens (including phenoxy) is 3. The van der Waals surface area contributed by atoms with Crippen LogP contribution in [0.15, 0.2) is 23.3 Å². The van der Waals surface area contributed by atoms with Crippen LogP contribution in [0.5, 0.6) is 0 Å². The summed E-state index contributed by atoms with van der Waals surface area (Å²) in [7, 11) is 0. The van der Waals surface area contributed by atoms with Gasteiger partial charge in [-0.25, -0.2) is 4.79 Å². The van der Waals surface area contributed by atoms with Crippen LogP contribution in [0.3, 0.4) is 0 Å². The SMILES string of the molecule is C=C1C(=O)O[C@@H]2[C@H]1[C@@H](OC(=O)C(C)C)CC(C)=C1C[C@@H]3O[C@]3(C)[C@H]12. The van der Waals surface area contributed by atoms with Gasteiger partial charge in [0.15, 0.2) is 0 Å². The highest BCUT2D eigenvalue weighted by molar-refractivity contribution is 5.91. The van der Waals surface area contributed by atoms with Gasteiger partial charge in [-0.2, -0.15) is 0 Å². The average Bonchev–Trinajstić information content (AvgIpc) is 2.97. The third-order valence-electron chi connectivity index (χ3n) is 6.16. The molecule has 0 unspecified atom stereocenters. The number of fused-ring (bicyclic) bond motifs is 5. The van der Waals surface area contributed by atoms with E-state index in [1.807, 2.05) is 13.8 Å². The zero-order valence-electron chi connectivity index (χ0n) is 14.6. The molecule has 0 aromatic carbocycles. The van der Waals surface area contributed by atoms with Gasteiger partial charge in [0.2, 0.25) is 0 Å². The van der Waals surface area contributed by atoms with Crippen LogP contribution in [0.2, 0.25) is 0 Å². The monoisotopic (exact) mass is 332 g/mol. The Morgan fingerprint density at radius 1 is 1.38 bits per heavy atom. The minimum atomic E-state index is -0.400. The van der Waals surface area contributed by atoms with E-state index in [-0.39, 0.29) is 47.5 Å². The lowest BCUT2D eigenvalue weighted by Gasteiger charge is -2.30. The number of epoxide rings is 1. The Bertz CT molecular complexity index is 675. The van der Waals surface area contributed by atoms with Crippen molar-refractivity contribution in [1.29, 1.82) is 0 Å². The Morgan fingerprint density at radius 3 is 2.75 bits per heavy atom. The van der Waals surface area contributed by atoms with Crippen LogP contribution < -0.4 is 0 Å². The molecule has 5 heteroatoms. The van der Waals surface area contributed by atoms with Gasteiger partial charge in [0.25, 0.3) is 0 Å². The molecule has 0 aromatic heterocycles. The Balaban J connectivity index is 1.73. The number of carbonyl (C=O) groups is 2. The molecule has 130 valence electrons. The number of esters is 2. The third kappa shape index (κ3) is 2.03. The fourth-order valence-electron chi connectivity index (χ4n) is 4.71. The van der Waals surface area contributed by atoms with Crippen molar-refractivity contribution in [3.8, 4) is 0 Å². The molecule has 0 bridgehead atoms. The van der Waals surface area contributed by atoms with Crippen molar-refractivity contribution >= 4 is 11.9 Å². The topological polar surface area (TPSA) is 65.1 Å². The second-order valence-electron chi connectivity index (χ2n) is 8.03. The van der Waals surface area contributed by atoms with Crippen molar-refractivity contribution in [2.45, 2.75) is 64.4 Å². The van der Waals surface area contributed by atoms with E-state index in [0.29, 0.717) is 12.0 Å². The maximum absolute atomic E-state index is 12.2. The zero-order valence-corrected chi connectivity index (χ0v) is 14.6. The highest BCUT2D eigenvalue weighted by Gasteiger charge is 2.70. The van der Waals surface area contributed by atoms with Gasteiger partial charge in [0.1, 0.15) is 17.8 Å². The van der Waals surface area contributed by atoms with Gasteiger partial charge >= 0.3 is 11.9 Å². The molecule has 3 fully saturated rings. The first-order valence-corrected chi connectivity index (χ1v) is 8.70. The summed E-state index contributed by atoms with van der Waals surface area (Å²) < 4.78 is 17.4. The van der Waals surface area contributed by atoms with Crippen molar-refractivity contribution < 1.29 is 23.8 Å².